The summed E-state index contributed by atoms with van der Waals surface area (Å²) in [7, 11) is 0. The predicted octanol–water partition coefficient (Wildman–Crippen LogP) is 3.11. The zero-order valence-electron chi connectivity index (χ0n) is 15.4. The maximum absolute atomic E-state index is 11.9. The second kappa shape index (κ2) is 6.57. The van der Waals surface area contributed by atoms with Crippen molar-refractivity contribution in [3.8, 4) is 11.5 Å². The fourth-order valence-corrected chi connectivity index (χ4v) is 4.46. The molecule has 0 aliphatic carbocycles. The van der Waals surface area contributed by atoms with Gasteiger partial charge in [-0.05, 0) is 49.6 Å². The van der Waals surface area contributed by atoms with Crippen LogP contribution in [0.2, 0.25) is 0 Å². The van der Waals surface area contributed by atoms with Crippen LogP contribution < -0.4 is 14.4 Å². The molecule has 1 N–H and O–H groups in total. The first-order valence-corrected chi connectivity index (χ1v) is 9.84. The van der Waals surface area contributed by atoms with Crippen molar-refractivity contribution >= 4 is 11.5 Å². The maximum atomic E-state index is 11.9. The molecule has 2 aromatic carbocycles. The number of fused-ring (bicyclic) bond motifs is 1. The zero-order chi connectivity index (χ0) is 18.3. The van der Waals surface area contributed by atoms with Crippen molar-refractivity contribution in [2.75, 3.05) is 31.2 Å². The maximum Gasteiger partial charge on any atom is 0.271 e. The molecule has 0 saturated heterocycles. The summed E-state index contributed by atoms with van der Waals surface area (Å²) in [5, 5.41) is 11.9. The van der Waals surface area contributed by atoms with Gasteiger partial charge in [0.1, 0.15) is 18.9 Å². The highest BCUT2D eigenvalue weighted by Gasteiger charge is 2.52. The van der Waals surface area contributed by atoms with Crippen LogP contribution >= 0.6 is 0 Å². The summed E-state index contributed by atoms with van der Waals surface area (Å²) in [6, 6.07) is 16.2. The molecule has 0 aromatic heterocycles. The summed E-state index contributed by atoms with van der Waals surface area (Å²) in [6.07, 6.45) is 4.44. The number of aliphatic hydroxyl groups is 1. The molecule has 0 spiro atoms. The summed E-state index contributed by atoms with van der Waals surface area (Å²) in [5.74, 6) is 2.70. The Balaban J connectivity index is 1.59. The van der Waals surface area contributed by atoms with Crippen LogP contribution in [-0.4, -0.2) is 41.8 Å². The number of benzene rings is 2. The minimum atomic E-state index is -1.06. The Morgan fingerprint density at radius 3 is 2.59 bits per heavy atom. The summed E-state index contributed by atoms with van der Waals surface area (Å²) in [4.78, 5) is 2.28. The normalized spacial score (nSPS) is 24.6. The highest BCUT2D eigenvalue weighted by atomic mass is 16.6. The second-order valence-electron chi connectivity index (χ2n) is 7.48. The van der Waals surface area contributed by atoms with Gasteiger partial charge < -0.3 is 14.6 Å². The first-order chi connectivity index (χ1) is 13.3. The molecule has 5 heteroatoms. The topological polar surface area (TPSA) is 44.9 Å². The van der Waals surface area contributed by atoms with Gasteiger partial charge in [-0.3, -0.25) is 0 Å². The molecule has 0 amide bonds. The molecule has 3 aliphatic heterocycles. The Kier molecular flexibility index (Phi) is 4.05. The minimum Gasteiger partial charge on any atom is -0.486 e. The van der Waals surface area contributed by atoms with Crippen LogP contribution in [0.4, 0.5) is 5.69 Å². The monoisotopic (exact) mass is 365 g/mol. The summed E-state index contributed by atoms with van der Waals surface area (Å²) in [5.41, 5.74) is 0.934. The van der Waals surface area contributed by atoms with E-state index < -0.39 is 5.72 Å². The lowest BCUT2D eigenvalue weighted by Crippen LogP contribution is -2.41. The van der Waals surface area contributed by atoms with Gasteiger partial charge in [-0.2, -0.15) is 0 Å². The summed E-state index contributed by atoms with van der Waals surface area (Å²) in [6.45, 7) is 2.50. The fraction of sp³-hybridized carbons (Fsp3) is 0.409. The minimum absolute atomic E-state index is 0.520. The molecular formula is C22H25N2O3+. The number of anilines is 1. The SMILES string of the molecule is O[C@]1(c2ccc3c(c2)OCCO3)CN(c2ccccc2)C2=[N+]1CCCCC2. The average molecular weight is 365 g/mol. The number of ether oxygens (including phenoxy) is 2. The third kappa shape index (κ3) is 2.77. The van der Waals surface area contributed by atoms with Crippen molar-refractivity contribution in [2.24, 2.45) is 0 Å². The first-order valence-electron chi connectivity index (χ1n) is 9.84. The van der Waals surface area contributed by atoms with Gasteiger partial charge in [-0.25, -0.2) is 9.48 Å². The van der Waals surface area contributed by atoms with Crippen LogP contribution in [-0.2, 0) is 5.72 Å². The van der Waals surface area contributed by atoms with Gasteiger partial charge in [-0.1, -0.05) is 18.2 Å². The number of hydrogen-bond donors (Lipinski definition) is 1. The van der Waals surface area contributed by atoms with E-state index in [4.69, 9.17) is 9.47 Å². The van der Waals surface area contributed by atoms with Crippen LogP contribution in [0.5, 0.6) is 11.5 Å². The lowest BCUT2D eigenvalue weighted by molar-refractivity contribution is -0.658. The van der Waals surface area contributed by atoms with E-state index in [2.05, 4.69) is 33.7 Å². The molecule has 0 saturated carbocycles. The number of hydrogen-bond acceptors (Lipinski definition) is 4. The van der Waals surface area contributed by atoms with Crippen molar-refractivity contribution in [3.05, 3.63) is 54.1 Å². The molecule has 5 rings (SSSR count). The van der Waals surface area contributed by atoms with Gasteiger partial charge in [0.2, 0.25) is 0 Å². The Bertz CT molecular complexity index is 880. The number of nitrogens with zero attached hydrogens (tertiary/aromatic N) is 2. The molecule has 2 aromatic rings. The summed E-state index contributed by atoms with van der Waals surface area (Å²) >= 11 is 0. The highest BCUT2D eigenvalue weighted by Crippen LogP contribution is 2.39. The van der Waals surface area contributed by atoms with Gasteiger partial charge in [0.25, 0.3) is 11.6 Å². The van der Waals surface area contributed by atoms with Crippen molar-refractivity contribution in [1.82, 2.24) is 0 Å². The lowest BCUT2D eigenvalue weighted by atomic mass is 10.0. The average Bonchev–Trinajstić information content (AvgIpc) is 2.87. The van der Waals surface area contributed by atoms with Crippen molar-refractivity contribution in [2.45, 2.75) is 31.4 Å². The molecule has 0 fully saturated rings. The van der Waals surface area contributed by atoms with E-state index in [1.165, 1.54) is 12.3 Å². The van der Waals surface area contributed by atoms with Crippen molar-refractivity contribution < 1.29 is 19.2 Å². The van der Waals surface area contributed by atoms with Gasteiger partial charge in [0, 0.05) is 12.0 Å². The third-order valence-electron chi connectivity index (χ3n) is 5.80. The number of rotatable bonds is 2. The smallest absolute Gasteiger partial charge is 0.271 e. The highest BCUT2D eigenvalue weighted by molar-refractivity contribution is 5.95. The number of β-amino-alcohol motifs (C(OH)–C–C–N with tert-alkyl or cyclic N) is 1. The van der Waals surface area contributed by atoms with E-state index in [-0.39, 0.29) is 0 Å². The molecular weight excluding hydrogens is 340 g/mol. The van der Waals surface area contributed by atoms with Crippen LogP contribution in [0, 0.1) is 0 Å². The quantitative estimate of drug-likeness (QED) is 0.831. The van der Waals surface area contributed by atoms with Gasteiger partial charge in [0.05, 0.1) is 6.54 Å². The first kappa shape index (κ1) is 16.6. The Labute approximate surface area is 159 Å². The Morgan fingerprint density at radius 2 is 1.74 bits per heavy atom. The molecule has 0 bridgehead atoms. The van der Waals surface area contributed by atoms with Gasteiger partial charge >= 0.3 is 0 Å². The van der Waals surface area contributed by atoms with Crippen molar-refractivity contribution in [3.63, 3.8) is 0 Å². The molecule has 0 unspecified atom stereocenters. The molecule has 3 heterocycles. The van der Waals surface area contributed by atoms with Crippen LogP contribution in [0.1, 0.15) is 31.2 Å². The zero-order valence-corrected chi connectivity index (χ0v) is 15.4. The Morgan fingerprint density at radius 1 is 0.926 bits per heavy atom. The van der Waals surface area contributed by atoms with Gasteiger partial charge in [-0.15, -0.1) is 0 Å². The van der Waals surface area contributed by atoms with Crippen LogP contribution in [0.25, 0.3) is 0 Å². The molecule has 27 heavy (non-hydrogen) atoms. The van der Waals surface area contributed by atoms with E-state index >= 15 is 0 Å². The number of para-hydroxylation sites is 1. The van der Waals surface area contributed by atoms with Gasteiger partial charge in [0.15, 0.2) is 18.0 Å². The van der Waals surface area contributed by atoms with E-state index in [1.54, 1.807) is 0 Å². The lowest BCUT2D eigenvalue weighted by Gasteiger charge is -2.26. The molecule has 3 aliphatic rings. The van der Waals surface area contributed by atoms with Crippen LogP contribution in [0.3, 0.4) is 0 Å². The predicted molar refractivity (Wildman–Crippen MR) is 104 cm³/mol. The second-order valence-corrected chi connectivity index (χ2v) is 7.48. The molecule has 1 atom stereocenters. The molecule has 0 radical (unpaired) electrons. The largest absolute Gasteiger partial charge is 0.486 e. The Hall–Kier alpha value is -2.53. The number of amidine groups is 1. The van der Waals surface area contributed by atoms with E-state index in [0.29, 0.717) is 19.8 Å². The van der Waals surface area contributed by atoms with E-state index in [0.717, 1.165) is 48.6 Å². The van der Waals surface area contributed by atoms with E-state index in [9.17, 15) is 5.11 Å². The summed E-state index contributed by atoms with van der Waals surface area (Å²) < 4.78 is 13.6. The molecule has 140 valence electrons. The standard InChI is InChI=1S/C22H25N2O3/c25-22(17-10-11-19-20(15-17)27-14-13-26-19)16-23(18-7-3-1-4-8-18)21-9-5-2-6-12-24(21)22/h1,3-4,7-8,10-11,15,25H,2,5-6,9,12-14,16H2/q+1/t22-/m0/s1. The van der Waals surface area contributed by atoms with E-state index in [1.807, 2.05) is 24.3 Å². The third-order valence-corrected chi connectivity index (χ3v) is 5.80. The molecule has 5 nitrogen and oxygen atoms in total. The van der Waals surface area contributed by atoms with Crippen LogP contribution in [0.15, 0.2) is 48.5 Å². The van der Waals surface area contributed by atoms with Crippen molar-refractivity contribution in [1.29, 1.82) is 0 Å². The fourth-order valence-electron chi connectivity index (χ4n) is 4.46.